The first-order valence-electron chi connectivity index (χ1n) is 15.1. The average molecular weight is 531 g/mol. The second-order valence-corrected chi connectivity index (χ2v) is 20.0. The molecule has 0 aromatic heterocycles. The van der Waals surface area contributed by atoms with Gasteiger partial charge in [-0.2, -0.15) is 0 Å². The molecule has 6 atom stereocenters. The minimum absolute atomic E-state index is 0.0773. The molecule has 3 rings (SSSR count). The molecule has 4 heteroatoms. The van der Waals surface area contributed by atoms with Gasteiger partial charge in [0.1, 0.15) is 0 Å². The zero-order valence-corrected chi connectivity index (χ0v) is 26.6. The van der Waals surface area contributed by atoms with E-state index in [-0.39, 0.29) is 17.2 Å². The quantitative estimate of drug-likeness (QED) is 0.308. The molecule has 3 aliphatic rings. The molecule has 3 aliphatic carbocycles. The van der Waals surface area contributed by atoms with Crippen LogP contribution in [0.2, 0.25) is 18.1 Å². The second kappa shape index (κ2) is 11.4. The van der Waals surface area contributed by atoms with E-state index in [9.17, 15) is 10.2 Å². The fourth-order valence-corrected chi connectivity index (χ4v) is 8.67. The summed E-state index contributed by atoms with van der Waals surface area (Å²) in [6.45, 7) is 24.7. The molecule has 0 unspecified atom stereocenters. The maximum Gasteiger partial charge on any atom is 0.192 e. The van der Waals surface area contributed by atoms with E-state index in [4.69, 9.17) is 4.43 Å². The van der Waals surface area contributed by atoms with Crippen LogP contribution in [-0.4, -0.2) is 36.3 Å². The molecule has 0 aromatic carbocycles. The number of fused-ring (bicyclic) bond motifs is 1. The summed E-state index contributed by atoms with van der Waals surface area (Å²) >= 11 is 0. The van der Waals surface area contributed by atoms with E-state index in [2.05, 4.69) is 66.4 Å². The molecule has 3 fully saturated rings. The molecule has 0 spiro atoms. The molecule has 0 aromatic rings. The highest BCUT2D eigenvalue weighted by atomic mass is 28.4. The van der Waals surface area contributed by atoms with E-state index in [1.807, 2.05) is 13.8 Å². The van der Waals surface area contributed by atoms with E-state index in [1.165, 1.54) is 44.1 Å². The van der Waals surface area contributed by atoms with Gasteiger partial charge in [0.05, 0.1) is 17.8 Å². The van der Waals surface area contributed by atoms with Crippen molar-refractivity contribution in [1.82, 2.24) is 0 Å². The van der Waals surface area contributed by atoms with Gasteiger partial charge < -0.3 is 14.6 Å². The van der Waals surface area contributed by atoms with Gasteiger partial charge in [0.15, 0.2) is 8.32 Å². The average Bonchev–Trinajstić information content (AvgIpc) is 3.10. The summed E-state index contributed by atoms with van der Waals surface area (Å²) in [6.07, 6.45) is 15.2. The molecule has 0 radical (unpaired) electrons. The molecule has 0 bridgehead atoms. The van der Waals surface area contributed by atoms with Crippen LogP contribution in [0.15, 0.2) is 35.5 Å². The van der Waals surface area contributed by atoms with Gasteiger partial charge in [-0.3, -0.25) is 0 Å². The van der Waals surface area contributed by atoms with Crippen molar-refractivity contribution < 1.29 is 14.6 Å². The Morgan fingerprint density at radius 1 is 1.16 bits per heavy atom. The molecular weight excluding hydrogens is 472 g/mol. The minimum Gasteiger partial charge on any atom is -0.410 e. The van der Waals surface area contributed by atoms with Crippen molar-refractivity contribution in [3.05, 3.63) is 35.5 Å². The lowest BCUT2D eigenvalue weighted by atomic mass is 9.60. The van der Waals surface area contributed by atoms with Crippen LogP contribution in [0.4, 0.5) is 0 Å². The van der Waals surface area contributed by atoms with Crippen molar-refractivity contribution in [2.24, 2.45) is 23.2 Å². The second-order valence-electron chi connectivity index (χ2n) is 15.2. The van der Waals surface area contributed by atoms with E-state index in [1.54, 1.807) is 5.57 Å². The van der Waals surface area contributed by atoms with Gasteiger partial charge in [-0.05, 0) is 111 Å². The van der Waals surface area contributed by atoms with Crippen molar-refractivity contribution in [1.29, 1.82) is 0 Å². The smallest absolute Gasteiger partial charge is 0.192 e. The number of hydrogen-bond acceptors (Lipinski definition) is 3. The summed E-state index contributed by atoms with van der Waals surface area (Å²) in [5.41, 5.74) is 3.70. The van der Waals surface area contributed by atoms with E-state index >= 15 is 0 Å². The van der Waals surface area contributed by atoms with Gasteiger partial charge in [-0.15, -0.1) is 0 Å². The Hall–Kier alpha value is -0.683. The summed E-state index contributed by atoms with van der Waals surface area (Å²) in [6, 6.07) is 0. The van der Waals surface area contributed by atoms with Crippen LogP contribution in [0.5, 0.6) is 0 Å². The monoisotopic (exact) mass is 530 g/mol. The largest absolute Gasteiger partial charge is 0.410 e. The van der Waals surface area contributed by atoms with Crippen molar-refractivity contribution in [3.63, 3.8) is 0 Å². The molecule has 0 amide bonds. The molecular formula is C33H58O3Si. The lowest BCUT2D eigenvalue weighted by molar-refractivity contribution is 0.0596. The fourth-order valence-electron chi connectivity index (χ4n) is 7.37. The number of rotatable bonds is 8. The summed E-state index contributed by atoms with van der Waals surface area (Å²) in [7, 11) is -1.94. The Bertz CT molecular complexity index is 871. The highest BCUT2D eigenvalue weighted by molar-refractivity contribution is 6.74. The number of allylic oxidation sites excluding steroid dienone is 3. The van der Waals surface area contributed by atoms with Gasteiger partial charge in [0.2, 0.25) is 0 Å². The van der Waals surface area contributed by atoms with Crippen LogP contribution in [0, 0.1) is 23.2 Å². The SMILES string of the molecule is C=C1/C(=C\C=C2/CCC[C@]3(C)[C@@H]([C@H](C)CCCC(C)(C)O)CC[C@@H]23)C[C@@H](O)C[C@@H]1O[Si](C)(C)C(C)(C)C. The summed E-state index contributed by atoms with van der Waals surface area (Å²) in [5.74, 6) is 2.14. The topological polar surface area (TPSA) is 49.7 Å². The Morgan fingerprint density at radius 2 is 1.84 bits per heavy atom. The molecule has 3 nitrogen and oxygen atoms in total. The Morgan fingerprint density at radius 3 is 2.46 bits per heavy atom. The van der Waals surface area contributed by atoms with Crippen LogP contribution in [0.1, 0.15) is 113 Å². The molecule has 0 heterocycles. The molecule has 37 heavy (non-hydrogen) atoms. The van der Waals surface area contributed by atoms with Gasteiger partial charge in [0, 0.05) is 6.42 Å². The third-order valence-electron chi connectivity index (χ3n) is 10.7. The van der Waals surface area contributed by atoms with Gasteiger partial charge in [-0.1, -0.05) is 71.8 Å². The van der Waals surface area contributed by atoms with Gasteiger partial charge in [-0.25, -0.2) is 0 Å². The van der Waals surface area contributed by atoms with Crippen molar-refractivity contribution in [2.45, 2.75) is 149 Å². The van der Waals surface area contributed by atoms with E-state index in [0.717, 1.165) is 24.3 Å². The molecule has 3 saturated carbocycles. The van der Waals surface area contributed by atoms with Crippen molar-refractivity contribution >= 4 is 8.32 Å². The molecule has 0 saturated heterocycles. The summed E-state index contributed by atoms with van der Waals surface area (Å²) in [4.78, 5) is 0. The highest BCUT2D eigenvalue weighted by Crippen LogP contribution is 2.60. The molecule has 2 N–H and O–H groups in total. The predicted molar refractivity (Wildman–Crippen MR) is 160 cm³/mol. The molecule has 0 aliphatic heterocycles. The van der Waals surface area contributed by atoms with Crippen molar-refractivity contribution in [3.8, 4) is 0 Å². The number of aliphatic hydroxyl groups excluding tert-OH is 1. The maximum atomic E-state index is 10.7. The van der Waals surface area contributed by atoms with E-state index < -0.39 is 13.9 Å². The fraction of sp³-hybridized carbons (Fsp3) is 0.818. The first-order chi connectivity index (χ1) is 16.9. The standard InChI is InChI=1S/C33H58O3Si/c1-23(13-11-19-32(6,7)35)28-17-18-29-25(14-12-20-33(28,29)8)15-16-26-21-27(34)22-30(24(26)2)36-37(9,10)31(3,4)5/h15-16,23,27-30,34-35H,2,11-14,17-22H2,1,3-10H3/b25-15+,26-16-/t23-,27-,28-,29+,30+,33-/m1/s1. The minimum atomic E-state index is -1.94. The Labute approximate surface area is 230 Å². The van der Waals surface area contributed by atoms with Crippen LogP contribution >= 0.6 is 0 Å². The summed E-state index contributed by atoms with van der Waals surface area (Å²) in [5, 5.41) is 21.0. The molecule has 212 valence electrons. The van der Waals surface area contributed by atoms with Crippen molar-refractivity contribution in [2.75, 3.05) is 0 Å². The predicted octanol–water partition coefficient (Wildman–Crippen LogP) is 8.73. The van der Waals surface area contributed by atoms with Crippen LogP contribution in [-0.2, 0) is 4.43 Å². The first-order valence-corrected chi connectivity index (χ1v) is 18.0. The lowest BCUT2D eigenvalue weighted by Gasteiger charge is -2.44. The maximum absolute atomic E-state index is 10.7. The highest BCUT2D eigenvalue weighted by Gasteiger charge is 2.50. The van der Waals surface area contributed by atoms with Crippen LogP contribution in [0.25, 0.3) is 0 Å². The van der Waals surface area contributed by atoms with Crippen LogP contribution < -0.4 is 0 Å². The van der Waals surface area contributed by atoms with E-state index in [0.29, 0.717) is 30.1 Å². The van der Waals surface area contributed by atoms with Gasteiger partial charge in [0.25, 0.3) is 0 Å². The Kier molecular flexibility index (Phi) is 9.53. The number of aliphatic hydroxyl groups is 2. The zero-order valence-electron chi connectivity index (χ0n) is 25.6. The lowest BCUT2D eigenvalue weighted by Crippen LogP contribution is -2.46. The zero-order chi connectivity index (χ0) is 27.8. The third kappa shape index (κ3) is 7.29. The summed E-state index contributed by atoms with van der Waals surface area (Å²) < 4.78 is 6.73. The third-order valence-corrected chi connectivity index (χ3v) is 15.1. The normalized spacial score (nSPS) is 34.7. The number of hydrogen-bond donors (Lipinski definition) is 2. The van der Waals surface area contributed by atoms with Crippen LogP contribution in [0.3, 0.4) is 0 Å². The van der Waals surface area contributed by atoms with Gasteiger partial charge >= 0.3 is 0 Å². The first kappa shape index (κ1) is 30.9. The Balaban J connectivity index is 1.73.